The topological polar surface area (TPSA) is 366 Å². The molecular weight excluding hydrogens is 696 g/mol. The Balaban J connectivity index is 0.000000261. The largest absolute Gasteiger partial charge is 0.497 e. The van der Waals surface area contributed by atoms with Crippen LogP contribution in [0.2, 0.25) is 0 Å². The van der Waals surface area contributed by atoms with E-state index in [1.807, 2.05) is 36.5 Å². The number of nitro benzene ring substituents is 6. The van der Waals surface area contributed by atoms with Gasteiger partial charge < -0.3 is 20.9 Å². The van der Waals surface area contributed by atoms with Crippen LogP contribution < -0.4 is 5.73 Å². The summed E-state index contributed by atoms with van der Waals surface area (Å²) in [6.07, 6.45) is 4.44. The number of hydrogen-bond acceptors (Lipinski definition) is 17. The zero-order valence-electron chi connectivity index (χ0n) is 24.8. The van der Waals surface area contributed by atoms with Gasteiger partial charge in [-0.2, -0.15) is 0 Å². The number of non-ortho nitro benzene ring substituents is 2. The number of aromatic amines is 1. The zero-order chi connectivity index (χ0) is 37.5. The van der Waals surface area contributed by atoms with Crippen LogP contribution in [0.5, 0.6) is 11.5 Å². The van der Waals surface area contributed by atoms with Crippen LogP contribution in [0.25, 0.3) is 0 Å². The fourth-order valence-corrected chi connectivity index (χ4v) is 4.12. The number of phenols is 2. The Morgan fingerprint density at radius 1 is 0.720 bits per heavy atom. The summed E-state index contributed by atoms with van der Waals surface area (Å²) in [5.74, 6) is -1.51. The summed E-state index contributed by atoms with van der Waals surface area (Å²) >= 11 is 1.57. The normalized spacial score (nSPS) is 10.4. The maximum Gasteiger partial charge on any atom is 0.324 e. The molecule has 0 spiro atoms. The van der Waals surface area contributed by atoms with Crippen molar-refractivity contribution in [1.29, 1.82) is 0 Å². The molecule has 0 aliphatic heterocycles. The van der Waals surface area contributed by atoms with E-state index in [2.05, 4.69) is 15.0 Å². The van der Waals surface area contributed by atoms with Crippen molar-refractivity contribution in [2.45, 2.75) is 13.0 Å². The molecule has 24 nitrogen and oxygen atoms in total. The third-order valence-electron chi connectivity index (χ3n) is 5.75. The predicted molar refractivity (Wildman–Crippen MR) is 173 cm³/mol. The number of aliphatic imine (C=N–C) groups is 1. The van der Waals surface area contributed by atoms with Crippen LogP contribution in [-0.4, -0.2) is 60.6 Å². The molecule has 4 aromatic rings. The minimum Gasteiger partial charge on any atom is -0.497 e. The number of aromatic nitrogens is 2. The highest BCUT2D eigenvalue weighted by Crippen LogP contribution is 2.40. The highest BCUT2D eigenvalue weighted by molar-refractivity contribution is 8.13. The summed E-state index contributed by atoms with van der Waals surface area (Å²) in [6, 6.07) is 11.9. The minimum absolute atomic E-state index is 0.447. The molecule has 0 saturated carbocycles. The molecule has 5 N–H and O–H groups in total. The maximum atomic E-state index is 10.4. The number of nitrogens with two attached hydrogens (primary N) is 1. The molecule has 0 radical (unpaired) electrons. The first-order chi connectivity index (χ1) is 23.5. The molecule has 0 bridgehead atoms. The maximum absolute atomic E-state index is 10.4. The van der Waals surface area contributed by atoms with Gasteiger partial charge in [0.2, 0.25) is 0 Å². The number of aryl methyl sites for hydroxylation is 1. The second-order valence-corrected chi connectivity index (χ2v) is 10.1. The quantitative estimate of drug-likeness (QED) is 0.0720. The van der Waals surface area contributed by atoms with Crippen LogP contribution in [0.1, 0.15) is 11.3 Å². The van der Waals surface area contributed by atoms with Crippen LogP contribution in [0, 0.1) is 60.7 Å². The molecule has 262 valence electrons. The third kappa shape index (κ3) is 11.5. The van der Waals surface area contributed by atoms with Crippen molar-refractivity contribution >= 4 is 51.1 Å². The van der Waals surface area contributed by atoms with E-state index in [1.165, 1.54) is 5.56 Å². The Morgan fingerprint density at radius 2 is 1.14 bits per heavy atom. The van der Waals surface area contributed by atoms with Crippen LogP contribution in [0.15, 0.2) is 72.1 Å². The Kier molecular flexibility index (Phi) is 14.1. The predicted octanol–water partition coefficient (Wildman–Crippen LogP) is 4.43. The van der Waals surface area contributed by atoms with Gasteiger partial charge in [-0.25, -0.2) is 4.98 Å². The molecule has 0 aliphatic rings. The summed E-state index contributed by atoms with van der Waals surface area (Å²) in [4.78, 5) is 66.9. The SMILES string of the molecule is NC(=NCc1ccccc1)SCCc1cnc[nH]1.O=[N+]([O-])c1cc([N+](=O)[O-])c(O)c([N+](=O)[O-])c1.O=[N+]([O-])c1cc([N+](=O)[O-])c(O)c([N+](=O)[O-])c1. The average Bonchev–Trinajstić information content (AvgIpc) is 3.58. The van der Waals surface area contributed by atoms with E-state index in [4.69, 9.17) is 15.9 Å². The monoisotopic (exact) mass is 718 g/mol. The van der Waals surface area contributed by atoms with Gasteiger partial charge in [0.05, 0.1) is 66.7 Å². The number of phenolic OH excluding ortho intramolecular Hbond substituents is 2. The minimum atomic E-state index is -1.21. The smallest absolute Gasteiger partial charge is 0.324 e. The lowest BCUT2D eigenvalue weighted by Crippen LogP contribution is -2.08. The molecule has 3 aromatic carbocycles. The summed E-state index contributed by atoms with van der Waals surface area (Å²) in [5, 5.41) is 81.1. The third-order valence-corrected chi connectivity index (χ3v) is 6.59. The van der Waals surface area contributed by atoms with Crippen LogP contribution >= 0.6 is 11.8 Å². The number of nitrogens with zero attached hydrogens (tertiary/aromatic N) is 8. The first-order valence-corrected chi connectivity index (χ1v) is 14.1. The molecular formula is C25H22N10O14S. The van der Waals surface area contributed by atoms with E-state index < -0.39 is 75.2 Å². The second-order valence-electron chi connectivity index (χ2n) is 9.02. The Morgan fingerprint density at radius 3 is 1.48 bits per heavy atom. The Hall–Kier alpha value is -7.31. The molecule has 4 rings (SSSR count). The van der Waals surface area contributed by atoms with Crippen molar-refractivity contribution < 1.29 is 39.8 Å². The fourth-order valence-electron chi connectivity index (χ4n) is 3.43. The van der Waals surface area contributed by atoms with E-state index >= 15 is 0 Å². The summed E-state index contributed by atoms with van der Waals surface area (Å²) in [6.45, 7) is 0.643. The highest BCUT2D eigenvalue weighted by Gasteiger charge is 2.31. The summed E-state index contributed by atoms with van der Waals surface area (Å²) in [7, 11) is 0. The van der Waals surface area contributed by atoms with Gasteiger partial charge in [-0.1, -0.05) is 42.1 Å². The van der Waals surface area contributed by atoms with Crippen molar-refractivity contribution in [2.24, 2.45) is 10.7 Å². The molecule has 1 aromatic heterocycles. The lowest BCUT2D eigenvalue weighted by molar-refractivity contribution is -0.404. The number of imidazole rings is 1. The van der Waals surface area contributed by atoms with Crippen molar-refractivity contribution in [1.82, 2.24) is 9.97 Å². The van der Waals surface area contributed by atoms with E-state index in [0.717, 1.165) is 17.9 Å². The van der Waals surface area contributed by atoms with Gasteiger partial charge in [-0.15, -0.1) is 0 Å². The fraction of sp³-hybridized carbons (Fsp3) is 0.120. The lowest BCUT2D eigenvalue weighted by Gasteiger charge is -2.00. The average molecular weight is 719 g/mol. The van der Waals surface area contributed by atoms with E-state index in [1.54, 1.807) is 18.1 Å². The molecule has 50 heavy (non-hydrogen) atoms. The van der Waals surface area contributed by atoms with Crippen LogP contribution in [0.4, 0.5) is 34.1 Å². The number of aromatic hydroxyl groups is 2. The molecule has 0 unspecified atom stereocenters. The van der Waals surface area contributed by atoms with Gasteiger partial charge in [0, 0.05) is 17.6 Å². The van der Waals surface area contributed by atoms with Crippen molar-refractivity contribution in [3.63, 3.8) is 0 Å². The Labute approximate surface area is 280 Å². The van der Waals surface area contributed by atoms with Gasteiger partial charge in [0.1, 0.15) is 0 Å². The molecule has 1 heterocycles. The molecule has 0 saturated heterocycles. The number of nitrogens with one attached hydrogen (secondary N) is 1. The second kappa shape index (κ2) is 18.1. The number of benzene rings is 3. The number of hydrogen-bond donors (Lipinski definition) is 4. The van der Waals surface area contributed by atoms with E-state index in [9.17, 15) is 60.7 Å². The molecule has 0 amide bonds. The van der Waals surface area contributed by atoms with Gasteiger partial charge in [-0.05, 0) is 12.0 Å². The van der Waals surface area contributed by atoms with Crippen molar-refractivity contribution in [3.8, 4) is 11.5 Å². The van der Waals surface area contributed by atoms with E-state index in [-0.39, 0.29) is 0 Å². The lowest BCUT2D eigenvalue weighted by atomic mass is 10.2. The van der Waals surface area contributed by atoms with Crippen LogP contribution in [0.3, 0.4) is 0 Å². The van der Waals surface area contributed by atoms with Crippen LogP contribution in [-0.2, 0) is 13.0 Å². The molecule has 25 heteroatoms. The number of thioether (sulfide) groups is 1. The van der Waals surface area contributed by atoms with Gasteiger partial charge >= 0.3 is 22.7 Å². The van der Waals surface area contributed by atoms with Gasteiger partial charge in [0.25, 0.3) is 22.9 Å². The number of amidine groups is 1. The van der Waals surface area contributed by atoms with E-state index in [0.29, 0.717) is 36.0 Å². The standard InChI is InChI=1S/C13H16N4S.2C6H3N3O7/c14-13(16-8-11-4-2-1-3-5-11)18-7-6-12-9-15-10-17-12;2*10-6-4(8(13)14)1-3(7(11)12)2-5(6)9(15)16/h1-5,9-10H,6-8H2,(H2,14,16)(H,15,17);2*1-2,10H. The number of nitro groups is 6. The van der Waals surface area contributed by atoms with Gasteiger partial charge in [-0.3, -0.25) is 65.7 Å². The molecule has 0 fully saturated rings. The summed E-state index contributed by atoms with van der Waals surface area (Å²) in [5.41, 5.74) is 2.14. The van der Waals surface area contributed by atoms with Gasteiger partial charge in [0.15, 0.2) is 5.17 Å². The number of rotatable bonds is 11. The van der Waals surface area contributed by atoms with Crippen molar-refractivity contribution in [2.75, 3.05) is 5.75 Å². The zero-order valence-corrected chi connectivity index (χ0v) is 25.6. The Bertz CT molecular complexity index is 1760. The number of H-pyrrole nitrogens is 1. The van der Waals surface area contributed by atoms with Crippen molar-refractivity contribution in [3.05, 3.63) is 139 Å². The summed E-state index contributed by atoms with van der Waals surface area (Å²) < 4.78 is 0. The molecule has 0 atom stereocenters. The first kappa shape index (κ1) is 38.9. The first-order valence-electron chi connectivity index (χ1n) is 13.1. The highest BCUT2D eigenvalue weighted by atomic mass is 32.2. The molecule has 0 aliphatic carbocycles.